The third-order valence-corrected chi connectivity index (χ3v) is 3.43. The van der Waals surface area contributed by atoms with E-state index in [-0.39, 0.29) is 34.1 Å². The van der Waals surface area contributed by atoms with Crippen LogP contribution in [0.5, 0.6) is 23.0 Å². The fraction of sp³-hybridized carbons (Fsp3) is 0.111. The van der Waals surface area contributed by atoms with Gasteiger partial charge in [0.15, 0.2) is 24.1 Å². The molecule has 0 amide bonds. The minimum atomic E-state index is -0.376. The number of rotatable bonds is 7. The molecule has 0 fully saturated rings. The lowest BCUT2D eigenvalue weighted by molar-refractivity contribution is 0.112. The maximum absolute atomic E-state index is 10.9. The Morgan fingerprint density at radius 2 is 1.19 bits per heavy atom. The van der Waals surface area contributed by atoms with E-state index in [2.05, 4.69) is 10.2 Å². The van der Waals surface area contributed by atoms with Gasteiger partial charge in [-0.1, -0.05) is 0 Å². The van der Waals surface area contributed by atoms with Crippen LogP contribution in [0.25, 0.3) is 0 Å². The van der Waals surface area contributed by atoms with Crippen LogP contribution in [0, 0.1) is 0 Å². The molecule has 0 bridgehead atoms. The second-order valence-electron chi connectivity index (χ2n) is 5.05. The van der Waals surface area contributed by atoms with E-state index >= 15 is 0 Å². The fourth-order valence-corrected chi connectivity index (χ4v) is 2.15. The summed E-state index contributed by atoms with van der Waals surface area (Å²) in [4.78, 5) is 21.8. The van der Waals surface area contributed by atoms with Gasteiger partial charge in [-0.2, -0.15) is 10.2 Å². The normalized spacial score (nSPS) is 11.0. The minimum absolute atomic E-state index is 0.0203. The topological polar surface area (TPSA) is 118 Å². The van der Waals surface area contributed by atoms with Crippen LogP contribution >= 0.6 is 0 Å². The van der Waals surface area contributed by atoms with Crippen LogP contribution in [0.15, 0.2) is 34.5 Å². The van der Waals surface area contributed by atoms with Gasteiger partial charge in [0.25, 0.3) is 0 Å². The molecule has 0 unspecified atom stereocenters. The molecule has 0 spiro atoms. The Morgan fingerprint density at radius 3 is 1.58 bits per heavy atom. The molecule has 0 atom stereocenters. The number of carbonyl (C=O) groups is 2. The molecule has 0 aromatic heterocycles. The van der Waals surface area contributed by atoms with Crippen molar-refractivity contribution in [2.45, 2.75) is 0 Å². The summed E-state index contributed by atoms with van der Waals surface area (Å²) in [5, 5.41) is 27.2. The Balaban J connectivity index is 2.26. The van der Waals surface area contributed by atoms with Crippen molar-refractivity contribution in [3.8, 4) is 23.0 Å². The van der Waals surface area contributed by atoms with E-state index in [1.807, 2.05) is 0 Å². The monoisotopic (exact) mass is 356 g/mol. The van der Waals surface area contributed by atoms with Crippen LogP contribution in [0.4, 0.5) is 0 Å². The summed E-state index contributed by atoms with van der Waals surface area (Å²) in [6, 6.07) is 5.85. The highest BCUT2D eigenvalue weighted by Gasteiger charge is 2.10. The van der Waals surface area contributed by atoms with Crippen LogP contribution in [-0.2, 0) is 0 Å². The van der Waals surface area contributed by atoms with Crippen molar-refractivity contribution in [3.63, 3.8) is 0 Å². The van der Waals surface area contributed by atoms with Crippen molar-refractivity contribution in [1.82, 2.24) is 0 Å². The molecule has 0 aliphatic heterocycles. The van der Waals surface area contributed by atoms with Crippen LogP contribution in [0.2, 0.25) is 0 Å². The summed E-state index contributed by atoms with van der Waals surface area (Å²) in [5.74, 6) is -0.0550. The number of nitrogens with zero attached hydrogens (tertiary/aromatic N) is 2. The number of phenols is 2. The number of carbonyl (C=O) groups excluding carboxylic acids is 2. The molecule has 2 rings (SSSR count). The van der Waals surface area contributed by atoms with Crippen LogP contribution in [0.3, 0.4) is 0 Å². The number of hydrogen-bond acceptors (Lipinski definition) is 8. The maximum Gasteiger partial charge on any atom is 0.200 e. The van der Waals surface area contributed by atoms with E-state index < -0.39 is 0 Å². The van der Waals surface area contributed by atoms with Gasteiger partial charge in [0, 0.05) is 5.56 Å². The Bertz CT molecular complexity index is 835. The van der Waals surface area contributed by atoms with Gasteiger partial charge < -0.3 is 19.7 Å². The lowest BCUT2D eigenvalue weighted by atomic mass is 10.1. The van der Waals surface area contributed by atoms with Crippen molar-refractivity contribution < 1.29 is 29.3 Å². The van der Waals surface area contributed by atoms with E-state index in [0.29, 0.717) is 23.7 Å². The molecule has 0 aliphatic carbocycles. The smallest absolute Gasteiger partial charge is 0.200 e. The molecule has 2 aromatic carbocycles. The van der Waals surface area contributed by atoms with Gasteiger partial charge >= 0.3 is 0 Å². The summed E-state index contributed by atoms with van der Waals surface area (Å²) < 4.78 is 10.1. The van der Waals surface area contributed by atoms with Crippen molar-refractivity contribution in [2.75, 3.05) is 14.2 Å². The van der Waals surface area contributed by atoms with Crippen LogP contribution in [0.1, 0.15) is 31.8 Å². The first-order valence-corrected chi connectivity index (χ1v) is 7.32. The quantitative estimate of drug-likeness (QED) is 0.446. The van der Waals surface area contributed by atoms with Crippen LogP contribution < -0.4 is 9.47 Å². The van der Waals surface area contributed by atoms with Gasteiger partial charge in [0.1, 0.15) is 5.75 Å². The van der Waals surface area contributed by atoms with E-state index in [1.165, 1.54) is 38.8 Å². The first-order chi connectivity index (χ1) is 12.5. The van der Waals surface area contributed by atoms with E-state index in [0.717, 1.165) is 0 Å². The number of benzene rings is 2. The first-order valence-electron chi connectivity index (χ1n) is 7.32. The number of aromatic hydroxyl groups is 2. The molecule has 0 aliphatic rings. The molecule has 0 heterocycles. The summed E-state index contributed by atoms with van der Waals surface area (Å²) in [6.45, 7) is 0. The minimum Gasteiger partial charge on any atom is -0.506 e. The summed E-state index contributed by atoms with van der Waals surface area (Å²) in [6.07, 6.45) is 3.61. The molecule has 0 saturated heterocycles. The van der Waals surface area contributed by atoms with Gasteiger partial charge in [0.05, 0.1) is 37.8 Å². The number of ether oxygens (including phenoxy) is 2. The highest BCUT2D eigenvalue weighted by atomic mass is 16.5. The van der Waals surface area contributed by atoms with E-state index in [1.54, 1.807) is 12.1 Å². The number of hydrogen-bond donors (Lipinski definition) is 2. The Labute approximate surface area is 149 Å². The van der Waals surface area contributed by atoms with Crippen molar-refractivity contribution in [2.24, 2.45) is 10.2 Å². The standard InChI is InChI=1S/C18H16N2O6/c1-25-15-5-12(6-16(26-2)18(15)24)8-20-19-7-11-3-13(9-21)17(23)14(4-11)10-22/h3-10,23-24H,1-2H3. The zero-order chi connectivity index (χ0) is 19.1. The third kappa shape index (κ3) is 4.04. The molecule has 2 aromatic rings. The molecule has 2 N–H and O–H groups in total. The predicted octanol–water partition coefficient (Wildman–Crippen LogP) is 2.19. The van der Waals surface area contributed by atoms with Gasteiger partial charge in [-0.3, -0.25) is 9.59 Å². The third-order valence-electron chi connectivity index (χ3n) is 3.43. The lowest BCUT2D eigenvalue weighted by Gasteiger charge is -2.08. The zero-order valence-corrected chi connectivity index (χ0v) is 14.0. The average molecular weight is 356 g/mol. The molecule has 0 saturated carbocycles. The maximum atomic E-state index is 10.9. The van der Waals surface area contributed by atoms with Crippen LogP contribution in [-0.4, -0.2) is 49.4 Å². The zero-order valence-electron chi connectivity index (χ0n) is 14.0. The molecule has 26 heavy (non-hydrogen) atoms. The highest BCUT2D eigenvalue weighted by Crippen LogP contribution is 2.36. The summed E-state index contributed by atoms with van der Waals surface area (Å²) >= 11 is 0. The largest absolute Gasteiger partial charge is 0.506 e. The second kappa shape index (κ2) is 8.43. The number of methoxy groups -OCH3 is 2. The van der Waals surface area contributed by atoms with Gasteiger partial charge in [0.2, 0.25) is 5.75 Å². The SMILES string of the molecule is COc1cc(C=NN=Cc2cc(C=O)c(O)c(C=O)c2)cc(OC)c1O. The fourth-order valence-electron chi connectivity index (χ4n) is 2.15. The van der Waals surface area contributed by atoms with Crippen molar-refractivity contribution >= 4 is 25.0 Å². The predicted molar refractivity (Wildman–Crippen MR) is 95.3 cm³/mol. The molecule has 0 radical (unpaired) electrons. The average Bonchev–Trinajstić information content (AvgIpc) is 2.66. The molecule has 134 valence electrons. The lowest BCUT2D eigenvalue weighted by Crippen LogP contribution is -1.93. The first kappa shape index (κ1) is 18.7. The molecule has 8 heteroatoms. The molecular formula is C18H16N2O6. The van der Waals surface area contributed by atoms with E-state index in [4.69, 9.17) is 9.47 Å². The van der Waals surface area contributed by atoms with Gasteiger partial charge in [-0.05, 0) is 29.8 Å². The highest BCUT2D eigenvalue weighted by molar-refractivity contribution is 5.93. The Kier molecular flexibility index (Phi) is 6.05. The second-order valence-corrected chi connectivity index (χ2v) is 5.05. The van der Waals surface area contributed by atoms with Crippen molar-refractivity contribution in [1.29, 1.82) is 0 Å². The number of aldehydes is 2. The molecule has 8 nitrogen and oxygen atoms in total. The molecular weight excluding hydrogens is 340 g/mol. The Hall–Kier alpha value is -3.68. The summed E-state index contributed by atoms with van der Waals surface area (Å²) in [7, 11) is 2.82. The summed E-state index contributed by atoms with van der Waals surface area (Å²) in [5.41, 5.74) is 0.951. The van der Waals surface area contributed by atoms with E-state index in [9.17, 15) is 19.8 Å². The van der Waals surface area contributed by atoms with Crippen molar-refractivity contribution in [3.05, 3.63) is 46.5 Å². The van der Waals surface area contributed by atoms with Gasteiger partial charge in [-0.25, -0.2) is 0 Å². The Morgan fingerprint density at radius 1 is 0.769 bits per heavy atom. The number of phenolic OH excluding ortho intramolecular Hbond substituents is 2. The van der Waals surface area contributed by atoms with Gasteiger partial charge in [-0.15, -0.1) is 0 Å².